The Hall–Kier alpha value is -2.43. The van der Waals surface area contributed by atoms with Crippen LogP contribution >= 0.6 is 15.8 Å². The zero-order valence-corrected chi connectivity index (χ0v) is 19.1. The van der Waals surface area contributed by atoms with E-state index in [4.69, 9.17) is 0 Å². The molecule has 1 aromatic heterocycles. The van der Waals surface area contributed by atoms with E-state index >= 15 is 0 Å². The summed E-state index contributed by atoms with van der Waals surface area (Å²) in [5.74, 6) is 0. The normalized spacial score (nSPS) is 11.9. The second-order valence-corrected chi connectivity index (χ2v) is 12.2. The second-order valence-electron chi connectivity index (χ2n) is 7.74. The molecular weight excluding hydrogens is 400 g/mol. The molecule has 0 saturated heterocycles. The third kappa shape index (κ3) is 3.38. The van der Waals surface area contributed by atoms with E-state index in [9.17, 15) is 0 Å². The van der Waals surface area contributed by atoms with Gasteiger partial charge in [0.05, 0.1) is 0 Å². The fraction of sp³-hybridized carbons (Fsp3) is 0.111. The monoisotopic (exact) mass is 425 g/mol. The van der Waals surface area contributed by atoms with Crippen LogP contribution < -0.4 is 15.1 Å². The van der Waals surface area contributed by atoms with Crippen molar-refractivity contribution in [1.82, 2.24) is 0 Å². The van der Waals surface area contributed by atoms with Gasteiger partial charge in [0.2, 0.25) is 0 Å². The van der Waals surface area contributed by atoms with E-state index in [1.54, 1.807) is 0 Å². The van der Waals surface area contributed by atoms with Crippen molar-refractivity contribution >= 4 is 47.4 Å². The Morgan fingerprint density at radius 3 is 1.40 bits per heavy atom. The van der Waals surface area contributed by atoms with Gasteiger partial charge in [-0.3, -0.25) is 0 Å². The molecule has 3 heteroatoms. The van der Waals surface area contributed by atoms with Crippen LogP contribution in [0, 0.1) is 0 Å². The summed E-state index contributed by atoms with van der Waals surface area (Å²) in [6.07, 6.45) is 0. The van der Waals surface area contributed by atoms with Gasteiger partial charge in [0.15, 0.2) is 0 Å². The Labute approximate surface area is 180 Å². The third-order valence-corrected chi connectivity index (χ3v) is 11.5. The van der Waals surface area contributed by atoms with Crippen molar-refractivity contribution in [3.63, 3.8) is 0 Å². The highest BCUT2D eigenvalue weighted by atomic mass is 31.2. The molecule has 0 fully saturated rings. The van der Waals surface area contributed by atoms with E-state index in [0.29, 0.717) is 6.04 Å². The van der Waals surface area contributed by atoms with E-state index in [-0.39, 0.29) is 0 Å². The first-order valence-electron chi connectivity index (χ1n) is 10.4. The van der Waals surface area contributed by atoms with E-state index < -0.39 is 15.8 Å². The topological polar surface area (TPSA) is 3.24 Å². The van der Waals surface area contributed by atoms with Crippen molar-refractivity contribution in [3.05, 3.63) is 109 Å². The lowest BCUT2D eigenvalue weighted by Crippen LogP contribution is -2.31. The summed E-state index contributed by atoms with van der Waals surface area (Å²) < 4.78 is 2.82. The number of nitrogens with zero attached hydrogens (tertiary/aromatic N) is 1. The molecule has 0 unspecified atom stereocenters. The molecule has 0 aliphatic rings. The number of hydrogen-bond acceptors (Lipinski definition) is 1. The molecule has 0 spiro atoms. The second kappa shape index (κ2) is 8.37. The van der Waals surface area contributed by atoms with Crippen LogP contribution in [0.1, 0.15) is 13.8 Å². The van der Waals surface area contributed by atoms with Crippen LogP contribution in [0.3, 0.4) is 0 Å². The molecule has 1 nitrogen and oxygen atoms in total. The fourth-order valence-electron chi connectivity index (χ4n) is 4.20. The molecule has 148 valence electrons. The highest BCUT2D eigenvalue weighted by Crippen LogP contribution is 2.58. The van der Waals surface area contributed by atoms with Crippen molar-refractivity contribution in [3.8, 4) is 0 Å². The van der Waals surface area contributed by atoms with Crippen LogP contribution in [0.2, 0.25) is 0 Å². The first-order valence-corrected chi connectivity index (χ1v) is 13.0. The van der Waals surface area contributed by atoms with Gasteiger partial charge in [-0.15, -0.1) is 0 Å². The van der Waals surface area contributed by atoms with Crippen LogP contribution in [0.15, 0.2) is 109 Å². The Morgan fingerprint density at radius 1 is 0.567 bits per heavy atom. The minimum Gasteiger partial charge on any atom is -0.227 e. The molecule has 0 bridgehead atoms. The van der Waals surface area contributed by atoms with Crippen molar-refractivity contribution in [2.45, 2.75) is 19.9 Å². The summed E-state index contributed by atoms with van der Waals surface area (Å²) >= 11 is 0. The van der Waals surface area contributed by atoms with E-state index in [0.717, 1.165) is 0 Å². The zero-order valence-electron chi connectivity index (χ0n) is 17.3. The average molecular weight is 425 g/mol. The Bertz CT molecular complexity index is 1180. The minimum absolute atomic E-state index is 0.418. The molecule has 0 saturated carbocycles. The maximum atomic E-state index is 2.82. The highest BCUT2D eigenvalue weighted by molar-refractivity contribution is 7.85. The Morgan fingerprint density at radius 2 is 0.967 bits per heavy atom. The molecular formula is C27H25NP2. The molecule has 0 radical (unpaired) electrons. The number of fused-ring (bicyclic) bond motifs is 3. The van der Waals surface area contributed by atoms with Gasteiger partial charge in [-0.25, -0.2) is 4.44 Å². The van der Waals surface area contributed by atoms with Crippen LogP contribution in [-0.4, -0.2) is 6.04 Å². The largest absolute Gasteiger partial charge is 0.227 e. The number of benzene rings is 4. The fourth-order valence-corrected chi connectivity index (χ4v) is 10.7. The van der Waals surface area contributed by atoms with Gasteiger partial charge in [0.25, 0.3) is 0 Å². The van der Waals surface area contributed by atoms with Gasteiger partial charge in [-0.1, -0.05) is 97.1 Å². The molecule has 5 aromatic rings. The standard InChI is InChI=1S/C27H25NP2/c1-21(2)28(29(22-13-5-3-6-14-22)23-15-7-4-8-16-23)30-26-19-11-9-17-24(26)25-18-10-12-20-27(25)30/h3-21H,1-2H3. The predicted octanol–water partition coefficient (Wildman–Crippen LogP) is 7.37. The molecule has 5 rings (SSSR count). The van der Waals surface area contributed by atoms with Gasteiger partial charge in [0.1, 0.15) is 0 Å². The first-order chi connectivity index (χ1) is 14.8. The molecule has 0 atom stereocenters. The highest BCUT2D eigenvalue weighted by Gasteiger charge is 2.29. The maximum absolute atomic E-state index is 2.82. The lowest BCUT2D eigenvalue weighted by atomic mass is 10.2. The lowest BCUT2D eigenvalue weighted by Gasteiger charge is -2.36. The van der Waals surface area contributed by atoms with Crippen LogP contribution in [0.5, 0.6) is 0 Å². The SMILES string of the molecule is CC(C)N(P(c1ccccc1)c1ccccc1)p1c2ccccc2c2ccccc21. The maximum Gasteiger partial charge on any atom is 0.0360 e. The minimum atomic E-state index is -0.652. The van der Waals surface area contributed by atoms with Crippen molar-refractivity contribution in [1.29, 1.82) is 0 Å². The smallest absolute Gasteiger partial charge is 0.0360 e. The summed E-state index contributed by atoms with van der Waals surface area (Å²) in [6, 6.07) is 40.6. The molecule has 1 heterocycles. The molecule has 0 N–H and O–H groups in total. The van der Waals surface area contributed by atoms with Crippen molar-refractivity contribution < 1.29 is 0 Å². The lowest BCUT2D eigenvalue weighted by molar-refractivity contribution is 0.873. The van der Waals surface area contributed by atoms with E-state index in [1.807, 2.05) is 0 Å². The quantitative estimate of drug-likeness (QED) is 0.266. The third-order valence-electron chi connectivity index (χ3n) is 5.43. The van der Waals surface area contributed by atoms with E-state index in [2.05, 4.69) is 127 Å². The van der Waals surface area contributed by atoms with Gasteiger partial charge in [-0.2, -0.15) is 0 Å². The molecule has 30 heavy (non-hydrogen) atoms. The first kappa shape index (κ1) is 19.5. The Balaban J connectivity index is 1.83. The van der Waals surface area contributed by atoms with Gasteiger partial charge in [-0.05, 0) is 55.0 Å². The van der Waals surface area contributed by atoms with Crippen LogP contribution in [0.25, 0.3) is 21.0 Å². The van der Waals surface area contributed by atoms with Gasteiger partial charge < -0.3 is 0 Å². The number of rotatable bonds is 5. The number of hydrogen-bond donors (Lipinski definition) is 0. The summed E-state index contributed by atoms with van der Waals surface area (Å²) in [5, 5.41) is 8.61. The summed E-state index contributed by atoms with van der Waals surface area (Å²) in [6.45, 7) is 4.71. The predicted molar refractivity (Wildman–Crippen MR) is 137 cm³/mol. The van der Waals surface area contributed by atoms with E-state index in [1.165, 1.54) is 31.6 Å². The zero-order chi connectivity index (χ0) is 20.5. The van der Waals surface area contributed by atoms with Crippen molar-refractivity contribution in [2.24, 2.45) is 0 Å². The van der Waals surface area contributed by atoms with Crippen molar-refractivity contribution in [2.75, 3.05) is 4.44 Å². The molecule has 0 amide bonds. The van der Waals surface area contributed by atoms with Gasteiger partial charge >= 0.3 is 0 Å². The summed E-state index contributed by atoms with van der Waals surface area (Å²) in [5.41, 5.74) is 0. The Kier molecular flexibility index (Phi) is 5.45. The summed E-state index contributed by atoms with van der Waals surface area (Å²) in [4.78, 5) is 0. The molecule has 4 aromatic carbocycles. The molecule has 0 aliphatic heterocycles. The average Bonchev–Trinajstić information content (AvgIpc) is 3.12. The van der Waals surface area contributed by atoms with Crippen LogP contribution in [-0.2, 0) is 0 Å². The summed E-state index contributed by atoms with van der Waals surface area (Å²) in [7, 11) is -1.26. The molecule has 0 aliphatic carbocycles. The van der Waals surface area contributed by atoms with Crippen LogP contribution in [0.4, 0.5) is 0 Å². The van der Waals surface area contributed by atoms with Gasteiger partial charge in [0, 0.05) is 24.4 Å².